The van der Waals surface area contributed by atoms with Gasteiger partial charge in [0.2, 0.25) is 5.91 Å². The van der Waals surface area contributed by atoms with E-state index in [2.05, 4.69) is 24.1 Å². The second kappa shape index (κ2) is 11.5. The topological polar surface area (TPSA) is 50.8 Å². The quantitative estimate of drug-likeness (QED) is 0.632. The molecule has 146 valence electrons. The Bertz CT molecular complexity index is 530. The molecule has 1 amide bonds. The highest BCUT2D eigenvalue weighted by atomic mass is 32.2. The standard InChI is InChI=1S/C20H32N2O3S/c1-16(2)14-17(22-9-11-25-12-10-22)15-21-20(23)8-13-26-19-6-4-18(24-3)5-7-19/h4-7,16-17H,8-15H2,1-3H3,(H,21,23). The van der Waals surface area contributed by atoms with Gasteiger partial charge < -0.3 is 14.8 Å². The van der Waals surface area contributed by atoms with Crippen LogP contribution in [0.15, 0.2) is 29.2 Å². The lowest BCUT2D eigenvalue weighted by Gasteiger charge is -2.35. The number of nitrogens with one attached hydrogen (secondary N) is 1. The van der Waals surface area contributed by atoms with Crippen LogP contribution in [0, 0.1) is 5.92 Å². The van der Waals surface area contributed by atoms with Crippen LogP contribution in [-0.4, -0.2) is 62.6 Å². The zero-order chi connectivity index (χ0) is 18.8. The molecule has 1 heterocycles. The van der Waals surface area contributed by atoms with Crippen LogP contribution in [0.3, 0.4) is 0 Å². The van der Waals surface area contributed by atoms with Crippen molar-refractivity contribution in [2.24, 2.45) is 5.92 Å². The molecular weight excluding hydrogens is 348 g/mol. The highest BCUT2D eigenvalue weighted by Crippen LogP contribution is 2.21. The lowest BCUT2D eigenvalue weighted by molar-refractivity contribution is -0.121. The minimum absolute atomic E-state index is 0.132. The van der Waals surface area contributed by atoms with Gasteiger partial charge in [-0.3, -0.25) is 9.69 Å². The van der Waals surface area contributed by atoms with E-state index in [4.69, 9.17) is 9.47 Å². The minimum Gasteiger partial charge on any atom is -0.497 e. The predicted molar refractivity (Wildman–Crippen MR) is 107 cm³/mol. The maximum atomic E-state index is 12.2. The van der Waals surface area contributed by atoms with E-state index in [1.807, 2.05) is 24.3 Å². The van der Waals surface area contributed by atoms with Crippen LogP contribution in [-0.2, 0) is 9.53 Å². The summed E-state index contributed by atoms with van der Waals surface area (Å²) in [4.78, 5) is 15.8. The molecule has 1 N–H and O–H groups in total. The number of hydrogen-bond donors (Lipinski definition) is 1. The number of morpholine rings is 1. The fraction of sp³-hybridized carbons (Fsp3) is 0.650. The fourth-order valence-corrected chi connectivity index (χ4v) is 3.95. The molecule has 1 aromatic rings. The van der Waals surface area contributed by atoms with Crippen molar-refractivity contribution in [2.45, 2.75) is 37.6 Å². The first-order valence-corrected chi connectivity index (χ1v) is 10.4. The molecule has 26 heavy (non-hydrogen) atoms. The molecule has 0 bridgehead atoms. The summed E-state index contributed by atoms with van der Waals surface area (Å²) in [5.41, 5.74) is 0. The Balaban J connectivity index is 1.70. The van der Waals surface area contributed by atoms with Crippen LogP contribution in [0.2, 0.25) is 0 Å². The molecule has 5 nitrogen and oxygen atoms in total. The SMILES string of the molecule is COc1ccc(SCCC(=O)NCC(CC(C)C)N2CCOCC2)cc1. The van der Waals surface area contributed by atoms with Gasteiger partial charge in [0, 0.05) is 42.7 Å². The van der Waals surface area contributed by atoms with Crippen LogP contribution in [0.25, 0.3) is 0 Å². The Hall–Kier alpha value is -1.24. The van der Waals surface area contributed by atoms with E-state index >= 15 is 0 Å². The average molecular weight is 381 g/mol. The number of hydrogen-bond acceptors (Lipinski definition) is 5. The molecular formula is C20H32N2O3S. The highest BCUT2D eigenvalue weighted by molar-refractivity contribution is 7.99. The first-order valence-electron chi connectivity index (χ1n) is 9.44. The second-order valence-corrected chi connectivity index (χ2v) is 8.18. The summed E-state index contributed by atoms with van der Waals surface area (Å²) in [5.74, 6) is 2.38. The molecule has 0 aliphatic carbocycles. The van der Waals surface area contributed by atoms with Crippen molar-refractivity contribution < 1.29 is 14.3 Å². The van der Waals surface area contributed by atoms with Crippen molar-refractivity contribution in [1.82, 2.24) is 10.2 Å². The van der Waals surface area contributed by atoms with Gasteiger partial charge in [-0.15, -0.1) is 11.8 Å². The molecule has 1 fully saturated rings. The normalized spacial score (nSPS) is 16.5. The third-order valence-corrected chi connectivity index (χ3v) is 5.51. The number of rotatable bonds is 10. The average Bonchev–Trinajstić information content (AvgIpc) is 2.66. The summed E-state index contributed by atoms with van der Waals surface area (Å²) in [5, 5.41) is 3.14. The predicted octanol–water partition coefficient (Wildman–Crippen LogP) is 3.04. The Labute approximate surface area is 161 Å². The Kier molecular flexibility index (Phi) is 9.29. The largest absolute Gasteiger partial charge is 0.497 e. The van der Waals surface area contributed by atoms with Gasteiger partial charge in [0.05, 0.1) is 20.3 Å². The van der Waals surface area contributed by atoms with Gasteiger partial charge in [0.1, 0.15) is 5.75 Å². The molecule has 0 spiro atoms. The van der Waals surface area contributed by atoms with Crippen molar-refractivity contribution in [2.75, 3.05) is 45.7 Å². The number of amides is 1. The number of methoxy groups -OCH3 is 1. The molecule has 0 radical (unpaired) electrons. The Morgan fingerprint density at radius 2 is 1.96 bits per heavy atom. The maximum Gasteiger partial charge on any atom is 0.220 e. The number of carbonyl (C=O) groups is 1. The van der Waals surface area contributed by atoms with Gasteiger partial charge >= 0.3 is 0 Å². The van der Waals surface area contributed by atoms with Gasteiger partial charge in [0.25, 0.3) is 0 Å². The van der Waals surface area contributed by atoms with E-state index in [0.717, 1.165) is 55.7 Å². The molecule has 1 aromatic carbocycles. The van der Waals surface area contributed by atoms with Crippen molar-refractivity contribution >= 4 is 17.7 Å². The molecule has 1 unspecified atom stereocenters. The molecule has 1 atom stereocenters. The number of thioether (sulfide) groups is 1. The van der Waals surface area contributed by atoms with Crippen LogP contribution < -0.4 is 10.1 Å². The third kappa shape index (κ3) is 7.56. The lowest BCUT2D eigenvalue weighted by atomic mass is 10.0. The zero-order valence-electron chi connectivity index (χ0n) is 16.2. The highest BCUT2D eigenvalue weighted by Gasteiger charge is 2.22. The first-order chi connectivity index (χ1) is 12.6. The monoisotopic (exact) mass is 380 g/mol. The Morgan fingerprint density at radius 3 is 2.58 bits per heavy atom. The summed E-state index contributed by atoms with van der Waals surface area (Å²) < 4.78 is 10.6. The van der Waals surface area contributed by atoms with Crippen LogP contribution in [0.5, 0.6) is 5.75 Å². The fourth-order valence-electron chi connectivity index (χ4n) is 3.10. The van der Waals surface area contributed by atoms with Gasteiger partial charge in [-0.2, -0.15) is 0 Å². The summed E-state index contributed by atoms with van der Waals surface area (Å²) in [6.45, 7) is 8.70. The summed E-state index contributed by atoms with van der Waals surface area (Å²) >= 11 is 1.70. The van der Waals surface area contributed by atoms with Gasteiger partial charge in [-0.05, 0) is 36.6 Å². The molecule has 2 rings (SSSR count). The minimum atomic E-state index is 0.132. The Morgan fingerprint density at radius 1 is 1.27 bits per heavy atom. The van der Waals surface area contributed by atoms with Gasteiger partial charge in [-0.25, -0.2) is 0 Å². The first kappa shape index (κ1) is 21.1. The van der Waals surface area contributed by atoms with E-state index in [-0.39, 0.29) is 5.91 Å². The third-order valence-electron chi connectivity index (χ3n) is 4.50. The molecule has 1 saturated heterocycles. The summed E-state index contributed by atoms with van der Waals surface area (Å²) in [6, 6.07) is 8.34. The summed E-state index contributed by atoms with van der Waals surface area (Å²) in [6.07, 6.45) is 1.63. The zero-order valence-corrected chi connectivity index (χ0v) is 17.0. The van der Waals surface area contributed by atoms with Crippen LogP contribution in [0.4, 0.5) is 0 Å². The maximum absolute atomic E-state index is 12.2. The number of carbonyl (C=O) groups excluding carboxylic acids is 1. The van der Waals surface area contributed by atoms with Crippen LogP contribution in [0.1, 0.15) is 26.7 Å². The van der Waals surface area contributed by atoms with Gasteiger partial charge in [0.15, 0.2) is 0 Å². The summed E-state index contributed by atoms with van der Waals surface area (Å²) in [7, 11) is 1.66. The lowest BCUT2D eigenvalue weighted by Crippen LogP contribution is -2.49. The van der Waals surface area contributed by atoms with Crippen molar-refractivity contribution in [1.29, 1.82) is 0 Å². The molecule has 6 heteroatoms. The molecule has 1 aliphatic rings. The van der Waals surface area contributed by atoms with E-state index in [0.29, 0.717) is 18.4 Å². The number of benzene rings is 1. The molecule has 0 saturated carbocycles. The number of ether oxygens (including phenoxy) is 2. The van der Waals surface area contributed by atoms with E-state index in [9.17, 15) is 4.79 Å². The van der Waals surface area contributed by atoms with Crippen molar-refractivity contribution in [3.8, 4) is 5.75 Å². The molecule has 0 aromatic heterocycles. The van der Waals surface area contributed by atoms with E-state index in [1.54, 1.807) is 18.9 Å². The van der Waals surface area contributed by atoms with Crippen molar-refractivity contribution in [3.05, 3.63) is 24.3 Å². The second-order valence-electron chi connectivity index (χ2n) is 7.01. The van der Waals surface area contributed by atoms with E-state index in [1.165, 1.54) is 0 Å². The van der Waals surface area contributed by atoms with E-state index < -0.39 is 0 Å². The van der Waals surface area contributed by atoms with Gasteiger partial charge in [-0.1, -0.05) is 13.8 Å². The van der Waals surface area contributed by atoms with Crippen LogP contribution >= 0.6 is 11.8 Å². The smallest absolute Gasteiger partial charge is 0.220 e. The molecule has 1 aliphatic heterocycles. The van der Waals surface area contributed by atoms with Crippen molar-refractivity contribution in [3.63, 3.8) is 0 Å². The number of nitrogens with zero attached hydrogens (tertiary/aromatic N) is 1.